The molecular formula is C15H23F2NO. The molecule has 0 aliphatic rings. The Bertz CT molecular complexity index is 402. The molecule has 2 nitrogen and oxygen atoms in total. The number of halogens is 2. The van der Waals surface area contributed by atoms with Gasteiger partial charge in [-0.2, -0.15) is 0 Å². The van der Waals surface area contributed by atoms with Crippen LogP contribution in [-0.2, 0) is 4.74 Å². The standard InChI is InChI=1S/C15H23F2NO/c1-5-8-18-14(10-19-15(2,3)4)11-6-7-12(16)13(17)9-11/h6-7,9,14,18H,5,8,10H2,1-4H3. The Balaban J connectivity index is 2.79. The predicted molar refractivity (Wildman–Crippen MR) is 73.1 cm³/mol. The van der Waals surface area contributed by atoms with Crippen LogP contribution in [0, 0.1) is 11.6 Å². The molecule has 19 heavy (non-hydrogen) atoms. The maximum absolute atomic E-state index is 13.3. The van der Waals surface area contributed by atoms with Gasteiger partial charge in [0.25, 0.3) is 0 Å². The van der Waals surface area contributed by atoms with Crippen molar-refractivity contribution in [2.75, 3.05) is 13.2 Å². The highest BCUT2D eigenvalue weighted by Crippen LogP contribution is 2.19. The van der Waals surface area contributed by atoms with E-state index in [-0.39, 0.29) is 11.6 Å². The largest absolute Gasteiger partial charge is 0.374 e. The van der Waals surface area contributed by atoms with Crippen molar-refractivity contribution in [3.63, 3.8) is 0 Å². The summed E-state index contributed by atoms with van der Waals surface area (Å²) >= 11 is 0. The van der Waals surface area contributed by atoms with Gasteiger partial charge in [0.15, 0.2) is 11.6 Å². The van der Waals surface area contributed by atoms with Gasteiger partial charge in [0.1, 0.15) is 0 Å². The first-order valence-electron chi connectivity index (χ1n) is 6.66. The number of ether oxygens (including phenoxy) is 1. The molecule has 0 aliphatic heterocycles. The van der Waals surface area contributed by atoms with Crippen molar-refractivity contribution in [2.24, 2.45) is 0 Å². The lowest BCUT2D eigenvalue weighted by Crippen LogP contribution is -2.30. The monoisotopic (exact) mass is 271 g/mol. The molecule has 1 N–H and O–H groups in total. The molecule has 0 amide bonds. The molecule has 0 saturated heterocycles. The zero-order chi connectivity index (χ0) is 14.5. The number of rotatable bonds is 6. The molecule has 0 spiro atoms. The van der Waals surface area contributed by atoms with Gasteiger partial charge in [0.05, 0.1) is 18.2 Å². The third kappa shape index (κ3) is 5.66. The summed E-state index contributed by atoms with van der Waals surface area (Å²) in [6.07, 6.45) is 0.968. The van der Waals surface area contributed by atoms with E-state index in [4.69, 9.17) is 4.74 Å². The molecule has 0 aromatic heterocycles. The fourth-order valence-electron chi connectivity index (χ4n) is 1.65. The van der Waals surface area contributed by atoms with Gasteiger partial charge in [-0.3, -0.25) is 0 Å². The Kier molecular flexibility index (Phi) is 5.88. The van der Waals surface area contributed by atoms with E-state index in [0.717, 1.165) is 19.0 Å². The van der Waals surface area contributed by atoms with Gasteiger partial charge < -0.3 is 10.1 Å². The molecular weight excluding hydrogens is 248 g/mol. The van der Waals surface area contributed by atoms with Crippen LogP contribution in [0.3, 0.4) is 0 Å². The molecule has 0 saturated carbocycles. The highest BCUT2D eigenvalue weighted by molar-refractivity contribution is 5.21. The Morgan fingerprint density at radius 1 is 1.21 bits per heavy atom. The van der Waals surface area contributed by atoms with Crippen LogP contribution in [0.5, 0.6) is 0 Å². The minimum Gasteiger partial charge on any atom is -0.374 e. The van der Waals surface area contributed by atoms with Crippen molar-refractivity contribution >= 4 is 0 Å². The zero-order valence-electron chi connectivity index (χ0n) is 12.1. The van der Waals surface area contributed by atoms with E-state index < -0.39 is 11.6 Å². The van der Waals surface area contributed by atoms with Crippen molar-refractivity contribution in [2.45, 2.75) is 45.8 Å². The second-order valence-corrected chi connectivity index (χ2v) is 5.60. The van der Waals surface area contributed by atoms with E-state index in [0.29, 0.717) is 12.2 Å². The third-order valence-corrected chi connectivity index (χ3v) is 2.67. The topological polar surface area (TPSA) is 21.3 Å². The maximum Gasteiger partial charge on any atom is 0.159 e. The SMILES string of the molecule is CCCNC(COC(C)(C)C)c1ccc(F)c(F)c1. The first-order valence-corrected chi connectivity index (χ1v) is 6.66. The smallest absolute Gasteiger partial charge is 0.159 e. The molecule has 0 bridgehead atoms. The van der Waals surface area contributed by atoms with Crippen LogP contribution in [0.2, 0.25) is 0 Å². The van der Waals surface area contributed by atoms with Gasteiger partial charge in [0, 0.05) is 0 Å². The predicted octanol–water partition coefficient (Wildman–Crippen LogP) is 3.82. The molecule has 1 unspecified atom stereocenters. The molecule has 0 radical (unpaired) electrons. The number of hydrogen-bond acceptors (Lipinski definition) is 2. The fourth-order valence-corrected chi connectivity index (χ4v) is 1.65. The van der Waals surface area contributed by atoms with E-state index in [9.17, 15) is 8.78 Å². The van der Waals surface area contributed by atoms with Crippen LogP contribution in [0.25, 0.3) is 0 Å². The van der Waals surface area contributed by atoms with E-state index in [2.05, 4.69) is 12.2 Å². The van der Waals surface area contributed by atoms with Crippen molar-refractivity contribution < 1.29 is 13.5 Å². The number of benzene rings is 1. The van der Waals surface area contributed by atoms with Crippen LogP contribution >= 0.6 is 0 Å². The normalized spacial score (nSPS) is 13.6. The van der Waals surface area contributed by atoms with Crippen LogP contribution in [-0.4, -0.2) is 18.8 Å². The third-order valence-electron chi connectivity index (χ3n) is 2.67. The Hall–Kier alpha value is -1.00. The summed E-state index contributed by atoms with van der Waals surface area (Å²) in [5, 5.41) is 3.29. The minimum absolute atomic E-state index is 0.130. The van der Waals surface area contributed by atoms with Crippen molar-refractivity contribution in [3.05, 3.63) is 35.4 Å². The number of nitrogens with one attached hydrogen (secondary N) is 1. The summed E-state index contributed by atoms with van der Waals surface area (Å²) in [5.74, 6) is -1.65. The molecule has 1 aromatic rings. The summed E-state index contributed by atoms with van der Waals surface area (Å²) in [6, 6.07) is 3.85. The lowest BCUT2D eigenvalue weighted by atomic mass is 10.1. The lowest BCUT2D eigenvalue weighted by Gasteiger charge is -2.25. The van der Waals surface area contributed by atoms with Gasteiger partial charge in [-0.05, 0) is 51.4 Å². The summed E-state index contributed by atoms with van der Waals surface area (Å²) in [7, 11) is 0. The highest BCUT2D eigenvalue weighted by Gasteiger charge is 2.17. The quantitative estimate of drug-likeness (QED) is 0.849. The van der Waals surface area contributed by atoms with Crippen LogP contribution in [0.15, 0.2) is 18.2 Å². The van der Waals surface area contributed by atoms with Crippen LogP contribution in [0.1, 0.15) is 45.7 Å². The highest BCUT2D eigenvalue weighted by atomic mass is 19.2. The average Bonchev–Trinajstić information content (AvgIpc) is 2.32. The summed E-state index contributed by atoms with van der Waals surface area (Å²) in [4.78, 5) is 0. The summed E-state index contributed by atoms with van der Waals surface area (Å²) in [6.45, 7) is 9.19. The Morgan fingerprint density at radius 3 is 2.42 bits per heavy atom. The molecule has 108 valence electrons. The van der Waals surface area contributed by atoms with Gasteiger partial charge in [-0.15, -0.1) is 0 Å². The summed E-state index contributed by atoms with van der Waals surface area (Å²) in [5.41, 5.74) is 0.446. The fraction of sp³-hybridized carbons (Fsp3) is 0.600. The maximum atomic E-state index is 13.3. The van der Waals surface area contributed by atoms with E-state index in [1.807, 2.05) is 20.8 Å². The molecule has 0 heterocycles. The molecule has 0 aliphatic carbocycles. The first kappa shape index (κ1) is 16.1. The Morgan fingerprint density at radius 2 is 1.89 bits per heavy atom. The Labute approximate surface area is 114 Å². The second kappa shape index (κ2) is 6.96. The molecule has 1 rings (SSSR count). The molecule has 1 atom stereocenters. The molecule has 4 heteroatoms. The van der Waals surface area contributed by atoms with Gasteiger partial charge in [0.2, 0.25) is 0 Å². The first-order chi connectivity index (χ1) is 8.83. The van der Waals surface area contributed by atoms with Gasteiger partial charge in [-0.1, -0.05) is 13.0 Å². The second-order valence-electron chi connectivity index (χ2n) is 5.60. The van der Waals surface area contributed by atoms with Crippen LogP contribution in [0.4, 0.5) is 8.78 Å². The minimum atomic E-state index is -0.824. The number of hydrogen-bond donors (Lipinski definition) is 1. The van der Waals surface area contributed by atoms with E-state index in [1.54, 1.807) is 6.07 Å². The van der Waals surface area contributed by atoms with Crippen molar-refractivity contribution in [1.82, 2.24) is 5.32 Å². The van der Waals surface area contributed by atoms with Gasteiger partial charge in [-0.25, -0.2) is 8.78 Å². The zero-order valence-corrected chi connectivity index (χ0v) is 12.1. The molecule has 1 aromatic carbocycles. The average molecular weight is 271 g/mol. The lowest BCUT2D eigenvalue weighted by molar-refractivity contribution is -0.0148. The van der Waals surface area contributed by atoms with Crippen LogP contribution < -0.4 is 5.32 Å². The summed E-state index contributed by atoms with van der Waals surface area (Å²) < 4.78 is 32.0. The molecule has 0 fully saturated rings. The van der Waals surface area contributed by atoms with Gasteiger partial charge >= 0.3 is 0 Å². The van der Waals surface area contributed by atoms with Crippen molar-refractivity contribution in [1.29, 1.82) is 0 Å². The van der Waals surface area contributed by atoms with E-state index in [1.165, 1.54) is 6.07 Å². The van der Waals surface area contributed by atoms with E-state index >= 15 is 0 Å². The van der Waals surface area contributed by atoms with Crippen molar-refractivity contribution in [3.8, 4) is 0 Å².